The van der Waals surface area contributed by atoms with E-state index < -0.39 is 10.0 Å². The van der Waals surface area contributed by atoms with Gasteiger partial charge in [0.05, 0.1) is 4.90 Å². The topological polar surface area (TPSA) is 79.0 Å². The minimum atomic E-state index is -3.60. The third kappa shape index (κ3) is 3.84. The second-order valence-corrected chi connectivity index (χ2v) is 7.10. The number of Topliss-reactive ketones (excluding diaryl/α,β-unsaturated/α-hetero) is 1. The summed E-state index contributed by atoms with van der Waals surface area (Å²) in [6.45, 7) is 5.65. The van der Waals surface area contributed by atoms with Gasteiger partial charge in [0.2, 0.25) is 10.0 Å². The average molecular weight is 320 g/mol. The van der Waals surface area contributed by atoms with Crippen molar-refractivity contribution in [1.29, 1.82) is 0 Å². The molecule has 1 heterocycles. The van der Waals surface area contributed by atoms with Crippen molar-refractivity contribution in [3.8, 4) is 0 Å². The van der Waals surface area contributed by atoms with Gasteiger partial charge in [-0.25, -0.2) is 13.1 Å². The van der Waals surface area contributed by atoms with E-state index in [1.165, 1.54) is 19.1 Å². The van der Waals surface area contributed by atoms with Crippen LogP contribution in [0.15, 0.2) is 35.2 Å². The molecule has 0 spiro atoms. The van der Waals surface area contributed by atoms with Crippen molar-refractivity contribution in [2.75, 3.05) is 6.54 Å². The summed E-state index contributed by atoms with van der Waals surface area (Å²) in [4.78, 5) is 14.6. The molecule has 6 heteroatoms. The number of aromatic amines is 1. The Balaban J connectivity index is 2.06. The van der Waals surface area contributed by atoms with E-state index in [1.54, 1.807) is 12.1 Å². The Labute approximate surface area is 130 Å². The van der Waals surface area contributed by atoms with Gasteiger partial charge in [0.15, 0.2) is 5.78 Å². The number of nitrogens with one attached hydrogen (secondary N) is 2. The molecule has 1 aromatic carbocycles. The van der Waals surface area contributed by atoms with Crippen LogP contribution >= 0.6 is 0 Å². The van der Waals surface area contributed by atoms with Crippen molar-refractivity contribution in [3.63, 3.8) is 0 Å². The number of rotatable bonds is 6. The highest BCUT2D eigenvalue weighted by Crippen LogP contribution is 2.13. The van der Waals surface area contributed by atoms with Crippen molar-refractivity contribution in [3.05, 3.63) is 52.8 Å². The molecular formula is C16H20N2O3S. The molecule has 0 saturated carbocycles. The SMILES string of the molecule is CC(=O)c1cccc(S(=O)(=O)NCCc2cc(C)[nH]c2C)c1. The number of ketones is 1. The van der Waals surface area contributed by atoms with Crippen molar-refractivity contribution < 1.29 is 13.2 Å². The largest absolute Gasteiger partial charge is 0.362 e. The minimum absolute atomic E-state index is 0.113. The lowest BCUT2D eigenvalue weighted by atomic mass is 10.2. The van der Waals surface area contributed by atoms with E-state index in [9.17, 15) is 13.2 Å². The van der Waals surface area contributed by atoms with E-state index in [0.29, 0.717) is 18.5 Å². The number of aromatic nitrogens is 1. The molecule has 0 aliphatic heterocycles. The fraction of sp³-hybridized carbons (Fsp3) is 0.312. The van der Waals surface area contributed by atoms with Gasteiger partial charge in [-0.05, 0) is 51.0 Å². The van der Waals surface area contributed by atoms with Gasteiger partial charge in [-0.1, -0.05) is 12.1 Å². The summed E-state index contributed by atoms with van der Waals surface area (Å²) in [6, 6.07) is 8.08. The standard InChI is InChI=1S/C16H20N2O3S/c1-11-9-14(12(2)18-11)7-8-17-22(20,21)16-6-4-5-15(10-16)13(3)19/h4-6,9-10,17-18H,7-8H2,1-3H3. The maximum absolute atomic E-state index is 12.3. The molecule has 2 N–H and O–H groups in total. The smallest absolute Gasteiger partial charge is 0.240 e. The molecule has 1 aromatic heterocycles. The lowest BCUT2D eigenvalue weighted by Gasteiger charge is -2.07. The molecular weight excluding hydrogens is 300 g/mol. The van der Waals surface area contributed by atoms with E-state index in [1.807, 2.05) is 19.9 Å². The Bertz CT molecular complexity index is 791. The predicted molar refractivity (Wildman–Crippen MR) is 85.6 cm³/mol. The highest BCUT2D eigenvalue weighted by atomic mass is 32.2. The lowest BCUT2D eigenvalue weighted by molar-refractivity contribution is 0.101. The quantitative estimate of drug-likeness (QED) is 0.802. The molecule has 118 valence electrons. The normalized spacial score (nSPS) is 11.6. The Kier molecular flexibility index (Phi) is 4.83. The maximum Gasteiger partial charge on any atom is 0.240 e. The van der Waals surface area contributed by atoms with Crippen molar-refractivity contribution in [2.45, 2.75) is 32.1 Å². The minimum Gasteiger partial charge on any atom is -0.362 e. The van der Waals surface area contributed by atoms with Gasteiger partial charge in [-0.3, -0.25) is 4.79 Å². The molecule has 0 unspecified atom stereocenters. The molecule has 0 aliphatic rings. The summed E-state index contributed by atoms with van der Waals surface area (Å²) in [5, 5.41) is 0. The van der Waals surface area contributed by atoms with E-state index >= 15 is 0 Å². The van der Waals surface area contributed by atoms with E-state index in [0.717, 1.165) is 17.0 Å². The molecule has 22 heavy (non-hydrogen) atoms. The number of aryl methyl sites for hydroxylation is 2. The Morgan fingerprint density at radius 1 is 1.23 bits per heavy atom. The zero-order chi connectivity index (χ0) is 16.3. The summed E-state index contributed by atoms with van der Waals surface area (Å²) in [5.74, 6) is -0.157. The first-order valence-corrected chi connectivity index (χ1v) is 8.53. The van der Waals surface area contributed by atoms with Crippen LogP contribution in [0.5, 0.6) is 0 Å². The van der Waals surface area contributed by atoms with Crippen LogP contribution in [0.2, 0.25) is 0 Å². The molecule has 5 nitrogen and oxygen atoms in total. The van der Waals surface area contributed by atoms with Crippen LogP contribution in [0.4, 0.5) is 0 Å². The van der Waals surface area contributed by atoms with Crippen LogP contribution in [-0.2, 0) is 16.4 Å². The third-order valence-corrected chi connectivity index (χ3v) is 4.95. The maximum atomic E-state index is 12.3. The average Bonchev–Trinajstić information content (AvgIpc) is 2.77. The summed E-state index contributed by atoms with van der Waals surface area (Å²) in [6.07, 6.45) is 0.613. The van der Waals surface area contributed by atoms with Gasteiger partial charge in [-0.2, -0.15) is 0 Å². The van der Waals surface area contributed by atoms with Crippen LogP contribution in [0.1, 0.15) is 34.2 Å². The molecule has 2 rings (SSSR count). The predicted octanol–water partition coefficient (Wildman–Crippen LogP) is 2.36. The molecule has 0 atom stereocenters. The Morgan fingerprint density at radius 2 is 1.95 bits per heavy atom. The van der Waals surface area contributed by atoms with Gasteiger partial charge < -0.3 is 4.98 Å². The lowest BCUT2D eigenvalue weighted by Crippen LogP contribution is -2.26. The van der Waals surface area contributed by atoms with E-state index in [4.69, 9.17) is 0 Å². The number of hydrogen-bond donors (Lipinski definition) is 2. The summed E-state index contributed by atoms with van der Waals surface area (Å²) in [7, 11) is -3.60. The van der Waals surface area contributed by atoms with Gasteiger partial charge >= 0.3 is 0 Å². The highest BCUT2D eigenvalue weighted by molar-refractivity contribution is 7.89. The zero-order valence-corrected chi connectivity index (χ0v) is 13.8. The first-order valence-electron chi connectivity index (χ1n) is 7.05. The van der Waals surface area contributed by atoms with Crippen molar-refractivity contribution in [2.24, 2.45) is 0 Å². The number of benzene rings is 1. The molecule has 0 saturated heterocycles. The molecule has 0 fully saturated rings. The van der Waals surface area contributed by atoms with E-state index in [-0.39, 0.29) is 10.7 Å². The van der Waals surface area contributed by atoms with Crippen LogP contribution in [0.25, 0.3) is 0 Å². The first-order chi connectivity index (χ1) is 10.3. The second kappa shape index (κ2) is 6.46. The van der Waals surface area contributed by atoms with E-state index in [2.05, 4.69) is 9.71 Å². The van der Waals surface area contributed by atoms with Gasteiger partial charge in [0.1, 0.15) is 0 Å². The van der Waals surface area contributed by atoms with Crippen LogP contribution in [-0.4, -0.2) is 25.7 Å². The number of sulfonamides is 1. The van der Waals surface area contributed by atoms with Crippen molar-refractivity contribution >= 4 is 15.8 Å². The molecule has 2 aromatic rings. The number of H-pyrrole nitrogens is 1. The van der Waals surface area contributed by atoms with Gasteiger partial charge in [-0.15, -0.1) is 0 Å². The summed E-state index contributed by atoms with van der Waals surface area (Å²) < 4.78 is 27.1. The molecule has 0 radical (unpaired) electrons. The summed E-state index contributed by atoms with van der Waals surface area (Å²) in [5.41, 5.74) is 3.59. The molecule has 0 amide bonds. The monoisotopic (exact) mass is 320 g/mol. The first kappa shape index (κ1) is 16.5. The fourth-order valence-corrected chi connectivity index (χ4v) is 3.40. The molecule has 0 aliphatic carbocycles. The zero-order valence-electron chi connectivity index (χ0n) is 12.9. The second-order valence-electron chi connectivity index (χ2n) is 5.33. The number of carbonyl (C=O) groups is 1. The van der Waals surface area contributed by atoms with Crippen LogP contribution in [0, 0.1) is 13.8 Å². The fourth-order valence-electron chi connectivity index (χ4n) is 2.33. The van der Waals surface area contributed by atoms with Gasteiger partial charge in [0, 0.05) is 23.5 Å². The number of carbonyl (C=O) groups excluding carboxylic acids is 1. The summed E-state index contributed by atoms with van der Waals surface area (Å²) >= 11 is 0. The van der Waals surface area contributed by atoms with Gasteiger partial charge in [0.25, 0.3) is 0 Å². The Hall–Kier alpha value is -1.92. The third-order valence-electron chi connectivity index (χ3n) is 3.49. The number of hydrogen-bond acceptors (Lipinski definition) is 3. The van der Waals surface area contributed by atoms with Crippen LogP contribution < -0.4 is 4.72 Å². The molecule has 0 bridgehead atoms. The Morgan fingerprint density at radius 3 is 2.55 bits per heavy atom. The van der Waals surface area contributed by atoms with Crippen molar-refractivity contribution in [1.82, 2.24) is 9.71 Å². The highest BCUT2D eigenvalue weighted by Gasteiger charge is 2.15. The van der Waals surface area contributed by atoms with Crippen LogP contribution in [0.3, 0.4) is 0 Å².